The quantitative estimate of drug-likeness (QED) is 0.916. The van der Waals surface area contributed by atoms with E-state index in [9.17, 15) is 9.18 Å². The molecule has 126 valence electrons. The zero-order valence-electron chi connectivity index (χ0n) is 13.0. The summed E-state index contributed by atoms with van der Waals surface area (Å²) < 4.78 is 18.9. The van der Waals surface area contributed by atoms with Crippen molar-refractivity contribution in [2.45, 2.75) is 31.9 Å². The molecule has 0 aliphatic carbocycles. The van der Waals surface area contributed by atoms with Gasteiger partial charge in [-0.2, -0.15) is 0 Å². The highest BCUT2D eigenvalue weighted by atomic mass is 35.5. The van der Waals surface area contributed by atoms with Gasteiger partial charge in [0, 0.05) is 18.2 Å². The molecule has 2 aliphatic heterocycles. The van der Waals surface area contributed by atoms with E-state index in [0.29, 0.717) is 17.5 Å². The monoisotopic (exact) mass is 340 g/mol. The number of carbonyl (C=O) groups is 1. The first-order valence-electron chi connectivity index (χ1n) is 8.12. The van der Waals surface area contributed by atoms with Crippen molar-refractivity contribution in [3.8, 4) is 0 Å². The van der Waals surface area contributed by atoms with Crippen LogP contribution in [0.25, 0.3) is 0 Å². The van der Waals surface area contributed by atoms with Gasteiger partial charge in [0.1, 0.15) is 5.82 Å². The lowest BCUT2D eigenvalue weighted by atomic mass is 9.84. The Balaban J connectivity index is 1.55. The Hall–Kier alpha value is -1.17. The second kappa shape index (κ2) is 7.16. The van der Waals surface area contributed by atoms with Gasteiger partial charge in [0.05, 0.1) is 12.0 Å². The minimum absolute atomic E-state index is 0.0240. The summed E-state index contributed by atoms with van der Waals surface area (Å²) in [6, 6.07) is 4.54. The molecule has 2 saturated heterocycles. The number of likely N-dealkylation sites (tertiary alicyclic amines) is 1. The molecule has 2 atom stereocenters. The number of nitrogens with zero attached hydrogens (tertiary/aromatic N) is 1. The summed E-state index contributed by atoms with van der Waals surface area (Å²) in [5.74, 6) is -0.311. The fraction of sp³-hybridized carbons (Fsp3) is 0.588. The average molecular weight is 341 g/mol. The summed E-state index contributed by atoms with van der Waals surface area (Å²) in [4.78, 5) is 13.8. The van der Waals surface area contributed by atoms with Gasteiger partial charge < -0.3 is 10.5 Å². The fourth-order valence-corrected chi connectivity index (χ4v) is 3.94. The van der Waals surface area contributed by atoms with Crippen molar-refractivity contribution >= 4 is 17.5 Å². The van der Waals surface area contributed by atoms with E-state index >= 15 is 0 Å². The number of hydrogen-bond donors (Lipinski definition) is 1. The highest BCUT2D eigenvalue weighted by molar-refractivity contribution is 6.31. The van der Waals surface area contributed by atoms with Crippen molar-refractivity contribution in [2.75, 3.05) is 19.7 Å². The maximum Gasteiger partial charge on any atom is 0.223 e. The third-order valence-electron chi connectivity index (χ3n) is 5.01. The third-order valence-corrected chi connectivity index (χ3v) is 5.36. The zero-order chi connectivity index (χ0) is 16.4. The van der Waals surface area contributed by atoms with Crippen molar-refractivity contribution in [2.24, 2.45) is 17.6 Å². The van der Waals surface area contributed by atoms with Gasteiger partial charge >= 0.3 is 0 Å². The second-order valence-electron chi connectivity index (χ2n) is 6.48. The smallest absolute Gasteiger partial charge is 0.223 e. The van der Waals surface area contributed by atoms with Gasteiger partial charge in [-0.1, -0.05) is 17.7 Å². The Morgan fingerprint density at radius 2 is 2.09 bits per heavy atom. The number of halogens is 2. The van der Waals surface area contributed by atoms with Crippen LogP contribution in [-0.4, -0.2) is 36.6 Å². The molecule has 1 amide bonds. The molecule has 0 saturated carbocycles. The molecule has 2 aliphatic rings. The number of nitrogens with two attached hydrogens (primary N) is 1. The molecule has 1 aromatic rings. The first-order valence-corrected chi connectivity index (χ1v) is 8.49. The molecular formula is C17H22ClFN2O2. The number of primary amides is 1. The molecule has 1 aromatic carbocycles. The third kappa shape index (κ3) is 3.84. The number of benzene rings is 1. The molecule has 0 aromatic heterocycles. The highest BCUT2D eigenvalue weighted by Crippen LogP contribution is 2.33. The van der Waals surface area contributed by atoms with E-state index in [4.69, 9.17) is 22.1 Å². The largest absolute Gasteiger partial charge is 0.377 e. The van der Waals surface area contributed by atoms with Crippen LogP contribution in [0.4, 0.5) is 4.39 Å². The minimum atomic E-state index is -0.312. The van der Waals surface area contributed by atoms with E-state index < -0.39 is 0 Å². The van der Waals surface area contributed by atoms with Crippen LogP contribution in [-0.2, 0) is 16.1 Å². The van der Waals surface area contributed by atoms with Gasteiger partial charge in [-0.05, 0) is 56.0 Å². The van der Waals surface area contributed by atoms with Crippen LogP contribution in [0.5, 0.6) is 0 Å². The molecule has 4 nitrogen and oxygen atoms in total. The molecule has 0 spiro atoms. The molecule has 23 heavy (non-hydrogen) atoms. The summed E-state index contributed by atoms with van der Waals surface area (Å²) in [5, 5.41) is 0.472. The minimum Gasteiger partial charge on any atom is -0.377 e. The summed E-state index contributed by atoms with van der Waals surface area (Å²) >= 11 is 6.10. The predicted octanol–water partition coefficient (Wildman–Crippen LogP) is 2.58. The Morgan fingerprint density at radius 3 is 2.74 bits per heavy atom. The van der Waals surface area contributed by atoms with Crippen LogP contribution in [0.3, 0.4) is 0 Å². The summed E-state index contributed by atoms with van der Waals surface area (Å²) in [6.07, 6.45) is 2.68. The lowest BCUT2D eigenvalue weighted by Crippen LogP contribution is -2.41. The average Bonchev–Trinajstić information content (AvgIpc) is 3.00. The Bertz CT molecular complexity index is 576. The number of carbonyl (C=O) groups excluding carboxylic acids is 1. The van der Waals surface area contributed by atoms with Crippen LogP contribution in [0.15, 0.2) is 18.2 Å². The highest BCUT2D eigenvalue weighted by Gasteiger charge is 2.39. The van der Waals surface area contributed by atoms with Gasteiger partial charge in [-0.25, -0.2) is 4.39 Å². The second-order valence-corrected chi connectivity index (χ2v) is 6.89. The maximum absolute atomic E-state index is 13.1. The van der Waals surface area contributed by atoms with Gasteiger partial charge in [0.15, 0.2) is 0 Å². The normalized spacial score (nSPS) is 26.5. The lowest BCUT2D eigenvalue weighted by molar-refractivity contribution is -0.124. The lowest BCUT2D eigenvalue weighted by Gasteiger charge is -2.35. The molecule has 2 N–H and O–H groups in total. The first-order chi connectivity index (χ1) is 11.0. The molecule has 2 fully saturated rings. The van der Waals surface area contributed by atoms with E-state index in [2.05, 4.69) is 4.90 Å². The summed E-state index contributed by atoms with van der Waals surface area (Å²) in [7, 11) is 0. The Kier molecular flexibility index (Phi) is 5.19. The molecule has 6 heteroatoms. The molecular weight excluding hydrogens is 319 g/mol. The summed E-state index contributed by atoms with van der Waals surface area (Å²) in [6.45, 7) is 3.19. The molecule has 0 bridgehead atoms. The van der Waals surface area contributed by atoms with E-state index in [1.54, 1.807) is 6.07 Å². The van der Waals surface area contributed by atoms with Gasteiger partial charge in [-0.3, -0.25) is 9.69 Å². The number of rotatable bonds is 4. The van der Waals surface area contributed by atoms with Crippen molar-refractivity contribution in [3.63, 3.8) is 0 Å². The van der Waals surface area contributed by atoms with Crippen LogP contribution < -0.4 is 5.73 Å². The molecule has 0 unspecified atom stereocenters. The van der Waals surface area contributed by atoms with E-state index in [-0.39, 0.29) is 23.7 Å². The van der Waals surface area contributed by atoms with E-state index in [1.165, 1.54) is 12.1 Å². The van der Waals surface area contributed by atoms with E-state index in [1.807, 2.05) is 0 Å². The van der Waals surface area contributed by atoms with Crippen molar-refractivity contribution in [1.82, 2.24) is 4.90 Å². The number of hydrogen-bond acceptors (Lipinski definition) is 3. The Morgan fingerprint density at radius 1 is 1.35 bits per heavy atom. The van der Waals surface area contributed by atoms with Crippen molar-refractivity contribution in [3.05, 3.63) is 34.6 Å². The van der Waals surface area contributed by atoms with Crippen molar-refractivity contribution in [1.29, 1.82) is 0 Å². The molecule has 2 heterocycles. The SMILES string of the molecule is NC(=O)[C@H]1CCO[C@@H]1C1CCN(Cc2ccc(F)cc2Cl)CC1. The van der Waals surface area contributed by atoms with Gasteiger partial charge in [0.25, 0.3) is 0 Å². The van der Waals surface area contributed by atoms with E-state index in [0.717, 1.165) is 44.5 Å². The maximum atomic E-state index is 13.1. The molecule has 3 rings (SSSR count). The topological polar surface area (TPSA) is 55.6 Å². The van der Waals surface area contributed by atoms with Gasteiger partial charge in [-0.15, -0.1) is 0 Å². The number of amides is 1. The van der Waals surface area contributed by atoms with Gasteiger partial charge in [0.2, 0.25) is 5.91 Å². The fourth-order valence-electron chi connectivity index (χ4n) is 3.71. The predicted molar refractivity (Wildman–Crippen MR) is 86.5 cm³/mol. The standard InChI is InChI=1S/C17H22ClFN2O2/c18-15-9-13(19)2-1-12(15)10-21-6-3-11(4-7-21)16-14(17(20)22)5-8-23-16/h1-2,9,11,14,16H,3-8,10H2,(H2,20,22)/t14-,16+/m0/s1. The number of piperidine rings is 1. The van der Waals surface area contributed by atoms with Crippen LogP contribution in [0.2, 0.25) is 5.02 Å². The van der Waals surface area contributed by atoms with Crippen LogP contribution in [0, 0.1) is 17.7 Å². The molecule has 0 radical (unpaired) electrons. The van der Waals surface area contributed by atoms with Crippen molar-refractivity contribution < 1.29 is 13.9 Å². The van der Waals surface area contributed by atoms with Crippen LogP contribution >= 0.6 is 11.6 Å². The number of ether oxygens (including phenoxy) is 1. The first kappa shape index (κ1) is 16.7. The Labute approximate surface area is 140 Å². The van der Waals surface area contributed by atoms with Crippen LogP contribution in [0.1, 0.15) is 24.8 Å². The zero-order valence-corrected chi connectivity index (χ0v) is 13.8. The summed E-state index contributed by atoms with van der Waals surface area (Å²) in [5.41, 5.74) is 6.42.